The number of rotatable bonds is 5. The summed E-state index contributed by atoms with van der Waals surface area (Å²) < 4.78 is 33.3. The highest BCUT2D eigenvalue weighted by Gasteiger charge is 2.31. The fraction of sp³-hybridized carbons (Fsp3) is 0.435. The van der Waals surface area contributed by atoms with Crippen LogP contribution in [0.3, 0.4) is 0 Å². The van der Waals surface area contributed by atoms with Gasteiger partial charge in [-0.05, 0) is 62.1 Å². The molecule has 0 atom stereocenters. The Morgan fingerprint density at radius 3 is 2.18 bits per heavy atom. The topological polar surface area (TPSA) is 79.0 Å². The summed E-state index contributed by atoms with van der Waals surface area (Å²) in [5, 5.41) is 0.776. The molecule has 2 saturated heterocycles. The monoisotopic (exact) mass is 511 g/mol. The lowest BCUT2D eigenvalue weighted by Gasteiger charge is -2.41. The molecule has 4 rings (SSSR count). The van der Waals surface area contributed by atoms with Crippen LogP contribution in [0.2, 0.25) is 10.0 Å². The lowest BCUT2D eigenvalue weighted by atomic mass is 9.99. The molecular weight excluding hydrogens is 485 g/mol. The smallest absolute Gasteiger partial charge is 0.331 e. The quantitative estimate of drug-likeness (QED) is 0.643. The molecule has 0 spiro atoms. The van der Waals surface area contributed by atoms with Crippen LogP contribution in [-0.2, 0) is 10.0 Å². The van der Waals surface area contributed by atoms with Crippen molar-refractivity contribution in [2.45, 2.75) is 42.7 Å². The van der Waals surface area contributed by atoms with Crippen molar-refractivity contribution in [3.8, 4) is 5.75 Å². The van der Waals surface area contributed by atoms with Crippen molar-refractivity contribution in [2.75, 3.05) is 26.2 Å². The third-order valence-corrected chi connectivity index (χ3v) is 8.28. The van der Waals surface area contributed by atoms with E-state index in [0.717, 1.165) is 44.5 Å². The van der Waals surface area contributed by atoms with E-state index in [4.69, 9.17) is 27.9 Å². The second-order valence-electron chi connectivity index (χ2n) is 8.37. The summed E-state index contributed by atoms with van der Waals surface area (Å²) in [7, 11) is -4.01. The first-order chi connectivity index (χ1) is 15.8. The van der Waals surface area contributed by atoms with Crippen molar-refractivity contribution in [3.63, 3.8) is 0 Å². The maximum absolute atomic E-state index is 12.6. The van der Waals surface area contributed by atoms with E-state index in [9.17, 15) is 13.2 Å². The minimum absolute atomic E-state index is 0.0833. The lowest BCUT2D eigenvalue weighted by molar-refractivity contribution is 0.0540. The molecule has 2 amide bonds. The predicted molar refractivity (Wildman–Crippen MR) is 128 cm³/mol. The van der Waals surface area contributed by atoms with Gasteiger partial charge in [-0.15, -0.1) is 0 Å². The van der Waals surface area contributed by atoms with Gasteiger partial charge in [0.15, 0.2) is 0 Å². The van der Waals surface area contributed by atoms with Crippen LogP contribution in [0.1, 0.15) is 25.7 Å². The Kier molecular flexibility index (Phi) is 7.69. The fourth-order valence-electron chi connectivity index (χ4n) is 4.40. The molecule has 0 saturated carbocycles. The second kappa shape index (κ2) is 10.5. The van der Waals surface area contributed by atoms with Crippen LogP contribution in [0.4, 0.5) is 4.79 Å². The molecule has 2 fully saturated rings. The standard InChI is InChI=1S/C23H27Cl2N3O4S/c24-17-5-7-19(8-6-17)32-20-11-15-27(16-12-20)18-9-13-28(14-10-18)23(29)26-33(30,31)22-4-2-1-3-21(22)25/h1-8,18,20H,9-16H2,(H,26,29). The van der Waals surface area contributed by atoms with E-state index < -0.39 is 16.1 Å². The first-order valence-electron chi connectivity index (χ1n) is 11.0. The molecular formula is C23H27Cl2N3O4S. The van der Waals surface area contributed by atoms with E-state index in [2.05, 4.69) is 9.62 Å². The van der Waals surface area contributed by atoms with Crippen LogP contribution in [0.15, 0.2) is 53.4 Å². The Morgan fingerprint density at radius 2 is 1.55 bits per heavy atom. The highest BCUT2D eigenvalue weighted by Crippen LogP contribution is 2.25. The van der Waals surface area contributed by atoms with Gasteiger partial charge in [0.2, 0.25) is 0 Å². The number of carbonyl (C=O) groups excluding carboxylic acids is 1. The fourth-order valence-corrected chi connectivity index (χ4v) is 6.01. The number of benzene rings is 2. The number of hydrogen-bond donors (Lipinski definition) is 1. The Bertz CT molecular complexity index is 1070. The molecule has 7 nitrogen and oxygen atoms in total. The Hall–Kier alpha value is -2.00. The number of sulfonamides is 1. The molecule has 2 aliphatic heterocycles. The van der Waals surface area contributed by atoms with Gasteiger partial charge in [-0.2, -0.15) is 0 Å². The second-order valence-corrected chi connectivity index (χ2v) is 10.9. The van der Waals surface area contributed by atoms with Crippen molar-refractivity contribution in [3.05, 3.63) is 58.6 Å². The Labute approximate surface area is 204 Å². The third kappa shape index (κ3) is 6.12. The van der Waals surface area contributed by atoms with E-state index in [1.165, 1.54) is 12.1 Å². The molecule has 2 heterocycles. The van der Waals surface area contributed by atoms with Crippen molar-refractivity contribution in [1.29, 1.82) is 0 Å². The van der Waals surface area contributed by atoms with Gasteiger partial charge >= 0.3 is 6.03 Å². The number of nitrogens with one attached hydrogen (secondary N) is 1. The molecule has 2 aliphatic rings. The average Bonchev–Trinajstić information content (AvgIpc) is 2.81. The maximum atomic E-state index is 12.6. The molecule has 0 bridgehead atoms. The van der Waals surface area contributed by atoms with E-state index in [-0.39, 0.29) is 16.0 Å². The van der Waals surface area contributed by atoms with E-state index in [1.54, 1.807) is 17.0 Å². The molecule has 178 valence electrons. The molecule has 33 heavy (non-hydrogen) atoms. The minimum Gasteiger partial charge on any atom is -0.490 e. The molecule has 1 N–H and O–H groups in total. The van der Waals surface area contributed by atoms with Gasteiger partial charge in [0.25, 0.3) is 10.0 Å². The third-order valence-electron chi connectivity index (χ3n) is 6.21. The van der Waals surface area contributed by atoms with Gasteiger partial charge in [0.05, 0.1) is 5.02 Å². The zero-order chi connectivity index (χ0) is 23.4. The zero-order valence-corrected chi connectivity index (χ0v) is 20.5. The van der Waals surface area contributed by atoms with Gasteiger partial charge in [-0.3, -0.25) is 4.90 Å². The number of carbonyl (C=O) groups is 1. The van der Waals surface area contributed by atoms with Crippen LogP contribution in [0.25, 0.3) is 0 Å². The van der Waals surface area contributed by atoms with Crippen LogP contribution in [0.5, 0.6) is 5.75 Å². The predicted octanol–water partition coefficient (Wildman–Crippen LogP) is 4.40. The van der Waals surface area contributed by atoms with Gasteiger partial charge in [-0.1, -0.05) is 35.3 Å². The number of piperidine rings is 2. The van der Waals surface area contributed by atoms with E-state index in [1.807, 2.05) is 24.3 Å². The first kappa shape index (κ1) is 24.1. The largest absolute Gasteiger partial charge is 0.490 e. The van der Waals surface area contributed by atoms with Crippen molar-refractivity contribution in [1.82, 2.24) is 14.5 Å². The molecule has 2 aromatic rings. The van der Waals surface area contributed by atoms with Gasteiger partial charge in [0, 0.05) is 37.2 Å². The first-order valence-corrected chi connectivity index (χ1v) is 13.3. The number of ether oxygens (including phenoxy) is 1. The summed E-state index contributed by atoms with van der Waals surface area (Å²) in [5.41, 5.74) is 0. The number of hydrogen-bond acceptors (Lipinski definition) is 5. The van der Waals surface area contributed by atoms with Crippen LogP contribution in [-0.4, -0.2) is 62.6 Å². The molecule has 2 aromatic carbocycles. The van der Waals surface area contributed by atoms with Crippen molar-refractivity contribution in [2.24, 2.45) is 0 Å². The van der Waals surface area contributed by atoms with Crippen LogP contribution < -0.4 is 9.46 Å². The van der Waals surface area contributed by atoms with Crippen LogP contribution in [0, 0.1) is 0 Å². The highest BCUT2D eigenvalue weighted by atomic mass is 35.5. The molecule has 0 radical (unpaired) electrons. The number of nitrogens with zero attached hydrogens (tertiary/aromatic N) is 2. The summed E-state index contributed by atoms with van der Waals surface area (Å²) in [6, 6.07) is 13.3. The van der Waals surface area contributed by atoms with Crippen molar-refractivity contribution < 1.29 is 17.9 Å². The average molecular weight is 512 g/mol. The summed E-state index contributed by atoms with van der Waals surface area (Å²) in [5.74, 6) is 0.837. The summed E-state index contributed by atoms with van der Waals surface area (Å²) in [4.78, 5) is 16.5. The SMILES string of the molecule is O=C(NS(=O)(=O)c1ccccc1Cl)N1CCC(N2CCC(Oc3ccc(Cl)cc3)CC2)CC1. The van der Waals surface area contributed by atoms with Crippen molar-refractivity contribution >= 4 is 39.3 Å². The maximum Gasteiger partial charge on any atom is 0.331 e. The van der Waals surface area contributed by atoms with E-state index in [0.29, 0.717) is 24.2 Å². The molecule has 10 heteroatoms. The zero-order valence-electron chi connectivity index (χ0n) is 18.1. The Balaban J connectivity index is 1.23. The van der Waals surface area contributed by atoms with Crippen LogP contribution >= 0.6 is 23.2 Å². The number of halogens is 2. The lowest BCUT2D eigenvalue weighted by Crippen LogP contribution is -2.52. The highest BCUT2D eigenvalue weighted by molar-refractivity contribution is 7.90. The van der Waals surface area contributed by atoms with Gasteiger partial charge in [-0.25, -0.2) is 17.9 Å². The summed E-state index contributed by atoms with van der Waals surface area (Å²) in [6.07, 6.45) is 3.69. The normalized spacial score (nSPS) is 18.8. The minimum atomic E-state index is -4.01. The molecule has 0 aliphatic carbocycles. The number of likely N-dealkylation sites (tertiary alicyclic amines) is 2. The Morgan fingerprint density at radius 1 is 0.909 bits per heavy atom. The summed E-state index contributed by atoms with van der Waals surface area (Å²) in [6.45, 7) is 2.90. The molecule has 0 aromatic heterocycles. The number of urea groups is 1. The molecule has 0 unspecified atom stereocenters. The van der Waals surface area contributed by atoms with Gasteiger partial charge < -0.3 is 9.64 Å². The van der Waals surface area contributed by atoms with Gasteiger partial charge in [0.1, 0.15) is 16.7 Å². The summed E-state index contributed by atoms with van der Waals surface area (Å²) >= 11 is 11.9. The van der Waals surface area contributed by atoms with E-state index >= 15 is 0 Å². The number of amides is 2.